The van der Waals surface area contributed by atoms with Gasteiger partial charge in [0.05, 0.1) is 11.6 Å². The fourth-order valence-electron chi connectivity index (χ4n) is 1.44. The zero-order valence-corrected chi connectivity index (χ0v) is 10.3. The summed E-state index contributed by atoms with van der Waals surface area (Å²) >= 11 is 0. The van der Waals surface area contributed by atoms with Gasteiger partial charge in [-0.25, -0.2) is 0 Å². The van der Waals surface area contributed by atoms with E-state index in [1.165, 1.54) is 0 Å². The summed E-state index contributed by atoms with van der Waals surface area (Å²) in [5.41, 5.74) is 7.56. The summed E-state index contributed by atoms with van der Waals surface area (Å²) < 4.78 is 0. The van der Waals surface area contributed by atoms with Crippen molar-refractivity contribution >= 4 is 5.96 Å². The van der Waals surface area contributed by atoms with Gasteiger partial charge in [0.2, 0.25) is 0 Å². The molecule has 1 rings (SSSR count). The van der Waals surface area contributed by atoms with Gasteiger partial charge in [-0.15, -0.1) is 0 Å². The molecule has 90 valence electrons. The highest BCUT2D eigenvalue weighted by Crippen LogP contribution is 2.06. The second-order valence-electron chi connectivity index (χ2n) is 3.91. The lowest BCUT2D eigenvalue weighted by Crippen LogP contribution is -2.33. The van der Waals surface area contributed by atoms with Crippen LogP contribution in [0.1, 0.15) is 24.5 Å². The normalized spacial score (nSPS) is 11.0. The molecule has 1 aromatic carbocycles. The van der Waals surface area contributed by atoms with Crippen LogP contribution in [0.2, 0.25) is 0 Å². The van der Waals surface area contributed by atoms with E-state index in [4.69, 9.17) is 11.0 Å². The van der Waals surface area contributed by atoms with E-state index in [0.29, 0.717) is 18.1 Å². The Morgan fingerprint density at radius 3 is 2.94 bits per heavy atom. The highest BCUT2D eigenvalue weighted by Gasteiger charge is 2.03. The summed E-state index contributed by atoms with van der Waals surface area (Å²) in [6.45, 7) is 3.47. The monoisotopic (exact) mass is 230 g/mol. The fraction of sp³-hybridized carbons (Fsp3) is 0.385. The molecule has 0 aromatic heterocycles. The maximum Gasteiger partial charge on any atom is 0.191 e. The fourth-order valence-corrected chi connectivity index (χ4v) is 1.44. The number of aliphatic imine (C=N–C) groups is 1. The molecule has 1 aromatic rings. The molecule has 0 aliphatic heterocycles. The van der Waals surface area contributed by atoms with Crippen molar-refractivity contribution in [3.63, 3.8) is 0 Å². The lowest BCUT2D eigenvalue weighted by molar-refractivity contribution is 0.492. The third-order valence-electron chi connectivity index (χ3n) is 2.36. The molecule has 4 heteroatoms. The Morgan fingerprint density at radius 1 is 1.53 bits per heavy atom. The van der Waals surface area contributed by atoms with Gasteiger partial charge in [0.25, 0.3) is 0 Å². The van der Waals surface area contributed by atoms with Crippen LogP contribution in [0.3, 0.4) is 0 Å². The third-order valence-corrected chi connectivity index (χ3v) is 2.36. The van der Waals surface area contributed by atoms with Gasteiger partial charge in [-0.05, 0) is 24.1 Å². The van der Waals surface area contributed by atoms with E-state index in [-0.39, 0.29) is 0 Å². The molecule has 0 atom stereocenters. The van der Waals surface area contributed by atoms with Gasteiger partial charge in [0.1, 0.15) is 0 Å². The summed E-state index contributed by atoms with van der Waals surface area (Å²) in [5.74, 6) is 0.536. The average molecular weight is 230 g/mol. The molecule has 2 N–H and O–H groups in total. The van der Waals surface area contributed by atoms with Crippen LogP contribution >= 0.6 is 0 Å². The van der Waals surface area contributed by atoms with Crippen molar-refractivity contribution < 1.29 is 0 Å². The van der Waals surface area contributed by atoms with Gasteiger partial charge in [0.15, 0.2) is 5.96 Å². The third kappa shape index (κ3) is 4.15. The number of nitriles is 1. The molecular weight excluding hydrogens is 212 g/mol. The van der Waals surface area contributed by atoms with Crippen LogP contribution < -0.4 is 5.73 Å². The van der Waals surface area contributed by atoms with E-state index in [1.807, 2.05) is 30.1 Å². The van der Waals surface area contributed by atoms with Gasteiger partial charge in [-0.1, -0.05) is 19.1 Å². The Hall–Kier alpha value is -2.02. The minimum absolute atomic E-state index is 0.536. The van der Waals surface area contributed by atoms with Crippen LogP contribution in [-0.2, 0) is 6.54 Å². The molecule has 0 bridgehead atoms. The molecular formula is C13H18N4. The zero-order valence-electron chi connectivity index (χ0n) is 10.3. The molecule has 0 fully saturated rings. The van der Waals surface area contributed by atoms with Crippen LogP contribution in [0.15, 0.2) is 29.3 Å². The number of nitrogens with zero attached hydrogens (tertiary/aromatic N) is 3. The number of hydrogen-bond acceptors (Lipinski definition) is 2. The van der Waals surface area contributed by atoms with E-state index < -0.39 is 0 Å². The summed E-state index contributed by atoms with van der Waals surface area (Å²) in [6.07, 6.45) is 0.985. The van der Waals surface area contributed by atoms with E-state index >= 15 is 0 Å². The Morgan fingerprint density at radius 2 is 2.29 bits per heavy atom. The van der Waals surface area contributed by atoms with Crippen molar-refractivity contribution in [1.82, 2.24) is 4.90 Å². The van der Waals surface area contributed by atoms with Crippen molar-refractivity contribution in [2.24, 2.45) is 10.7 Å². The van der Waals surface area contributed by atoms with Gasteiger partial charge >= 0.3 is 0 Å². The Kier molecular flexibility index (Phi) is 5.02. The standard InChI is InChI=1S/C13H18N4/c1-3-7-16-13(15)17(2)10-12-6-4-5-11(8-12)9-14/h4-6,8H,3,7,10H2,1-2H3,(H2,15,16). The topological polar surface area (TPSA) is 65.4 Å². The molecule has 4 nitrogen and oxygen atoms in total. The van der Waals surface area contributed by atoms with Crippen LogP contribution in [0.5, 0.6) is 0 Å². The Balaban J connectivity index is 2.67. The summed E-state index contributed by atoms with van der Waals surface area (Å²) in [4.78, 5) is 6.12. The second-order valence-corrected chi connectivity index (χ2v) is 3.91. The van der Waals surface area contributed by atoms with Crippen LogP contribution in [0.4, 0.5) is 0 Å². The van der Waals surface area contributed by atoms with Gasteiger partial charge in [-0.2, -0.15) is 5.26 Å². The minimum atomic E-state index is 0.536. The van der Waals surface area contributed by atoms with Gasteiger partial charge in [0, 0.05) is 20.1 Å². The highest BCUT2D eigenvalue weighted by atomic mass is 15.2. The summed E-state index contributed by atoms with van der Waals surface area (Å²) in [5, 5.41) is 8.81. The first-order valence-electron chi connectivity index (χ1n) is 5.67. The number of hydrogen-bond donors (Lipinski definition) is 1. The number of guanidine groups is 1. The molecule has 0 aliphatic rings. The van der Waals surface area contributed by atoms with Crippen molar-refractivity contribution in [2.45, 2.75) is 19.9 Å². The van der Waals surface area contributed by atoms with Crippen LogP contribution in [0.25, 0.3) is 0 Å². The molecule has 0 aliphatic carbocycles. The van der Waals surface area contributed by atoms with Crippen LogP contribution in [-0.4, -0.2) is 24.5 Å². The molecule has 0 radical (unpaired) electrons. The summed E-state index contributed by atoms with van der Waals surface area (Å²) in [7, 11) is 1.90. The Bertz CT molecular complexity index is 431. The van der Waals surface area contributed by atoms with E-state index in [9.17, 15) is 0 Å². The molecule has 0 unspecified atom stereocenters. The maximum atomic E-state index is 8.81. The first kappa shape index (κ1) is 13.0. The lowest BCUT2D eigenvalue weighted by atomic mass is 10.1. The second kappa shape index (κ2) is 6.54. The number of benzene rings is 1. The molecule has 0 amide bonds. The number of nitrogens with two attached hydrogens (primary N) is 1. The molecule has 0 spiro atoms. The van der Waals surface area contributed by atoms with Gasteiger partial charge < -0.3 is 10.6 Å². The highest BCUT2D eigenvalue weighted by molar-refractivity contribution is 5.77. The van der Waals surface area contributed by atoms with Gasteiger partial charge in [-0.3, -0.25) is 4.99 Å². The first-order chi connectivity index (χ1) is 8.17. The number of rotatable bonds is 4. The molecule has 17 heavy (non-hydrogen) atoms. The molecule has 0 saturated carbocycles. The molecule has 0 saturated heterocycles. The predicted octanol–water partition coefficient (Wildman–Crippen LogP) is 1.71. The smallest absolute Gasteiger partial charge is 0.191 e. The Labute approximate surface area is 102 Å². The zero-order chi connectivity index (χ0) is 12.7. The minimum Gasteiger partial charge on any atom is -0.370 e. The lowest BCUT2D eigenvalue weighted by Gasteiger charge is -2.18. The SMILES string of the molecule is CCCN=C(N)N(C)Cc1cccc(C#N)c1. The largest absolute Gasteiger partial charge is 0.370 e. The quantitative estimate of drug-likeness (QED) is 0.632. The first-order valence-corrected chi connectivity index (χ1v) is 5.67. The predicted molar refractivity (Wildman–Crippen MR) is 69.4 cm³/mol. The van der Waals surface area contributed by atoms with Crippen molar-refractivity contribution in [3.05, 3.63) is 35.4 Å². The van der Waals surface area contributed by atoms with E-state index in [0.717, 1.165) is 18.5 Å². The van der Waals surface area contributed by atoms with Crippen molar-refractivity contribution in [3.8, 4) is 6.07 Å². The van der Waals surface area contributed by atoms with Crippen molar-refractivity contribution in [2.75, 3.05) is 13.6 Å². The van der Waals surface area contributed by atoms with Crippen molar-refractivity contribution in [1.29, 1.82) is 5.26 Å². The average Bonchev–Trinajstić information content (AvgIpc) is 2.36. The molecule has 0 heterocycles. The van der Waals surface area contributed by atoms with E-state index in [1.54, 1.807) is 6.07 Å². The maximum absolute atomic E-state index is 8.81. The van der Waals surface area contributed by atoms with Crippen LogP contribution in [0, 0.1) is 11.3 Å². The van der Waals surface area contributed by atoms with E-state index in [2.05, 4.69) is 18.0 Å². The summed E-state index contributed by atoms with van der Waals surface area (Å²) in [6, 6.07) is 9.63.